The van der Waals surface area contributed by atoms with Crippen LogP contribution in [0.25, 0.3) is 10.9 Å². The van der Waals surface area contributed by atoms with Gasteiger partial charge >= 0.3 is 11.9 Å². The molecule has 0 unspecified atom stereocenters. The number of carbonyl (C=O) groups is 8. The number of phenols is 1. The predicted molar refractivity (Wildman–Crippen MR) is 264 cm³/mol. The van der Waals surface area contributed by atoms with E-state index in [1.807, 2.05) is 0 Å². The van der Waals surface area contributed by atoms with Crippen LogP contribution in [0, 0.1) is 5.92 Å². The van der Waals surface area contributed by atoms with Crippen molar-refractivity contribution >= 4 is 64.2 Å². The van der Waals surface area contributed by atoms with E-state index in [1.165, 1.54) is 24.3 Å². The van der Waals surface area contributed by atoms with Gasteiger partial charge in [0.15, 0.2) is 5.96 Å². The summed E-state index contributed by atoms with van der Waals surface area (Å²) in [5.41, 5.74) is 19.2. The lowest BCUT2D eigenvalue weighted by atomic mass is 10.00. The van der Waals surface area contributed by atoms with Gasteiger partial charge in [-0.2, -0.15) is 0 Å². The van der Waals surface area contributed by atoms with Crippen molar-refractivity contribution in [3.8, 4) is 5.75 Å². The normalized spacial score (nSPS) is 14.0. The first-order valence-electron chi connectivity index (χ1n) is 23.3. The van der Waals surface area contributed by atoms with E-state index < -0.39 is 109 Å². The largest absolute Gasteiger partial charge is 0.508 e. The van der Waals surface area contributed by atoms with E-state index in [9.17, 15) is 58.8 Å². The van der Waals surface area contributed by atoms with E-state index >= 15 is 0 Å². The Morgan fingerprint density at radius 3 is 1.71 bits per heavy atom. The number of amides is 6. The van der Waals surface area contributed by atoms with Gasteiger partial charge in [0.2, 0.25) is 35.4 Å². The Morgan fingerprint density at radius 1 is 0.611 bits per heavy atom. The minimum absolute atomic E-state index is 0.0261. The number of aliphatic hydroxyl groups is 1. The number of aromatic nitrogens is 1. The average Bonchev–Trinajstić information content (AvgIpc) is 3.75. The van der Waals surface area contributed by atoms with E-state index in [2.05, 4.69) is 41.9 Å². The molecule has 72 heavy (non-hydrogen) atoms. The molecule has 23 nitrogen and oxygen atoms in total. The fourth-order valence-electron chi connectivity index (χ4n) is 7.59. The zero-order valence-corrected chi connectivity index (χ0v) is 40.0. The number of aromatic amines is 1. The van der Waals surface area contributed by atoms with E-state index in [1.54, 1.807) is 74.6 Å². The summed E-state index contributed by atoms with van der Waals surface area (Å²) in [7, 11) is 0. The van der Waals surface area contributed by atoms with Crippen LogP contribution in [0.5, 0.6) is 5.75 Å². The first-order chi connectivity index (χ1) is 34.2. The summed E-state index contributed by atoms with van der Waals surface area (Å²) >= 11 is 0. The SMILES string of the molecule is CC(C)C[C@H](NC(=O)[C@H](CCCN=C(N)N)NC(=O)[C@H](Cc1ccccc1)NC(=O)[C@H](CCC(=O)O)NC(=O)[C@H](Cc1c[nH]c2ccccc12)NC(=O)[C@@H](N)CO)C(=O)N[C@@H](Cc1ccc(O)cc1)C(=O)O. The molecule has 388 valence electrons. The van der Waals surface area contributed by atoms with Crippen molar-refractivity contribution < 1.29 is 58.8 Å². The summed E-state index contributed by atoms with van der Waals surface area (Å²) in [6.45, 7) is 2.84. The van der Waals surface area contributed by atoms with Gasteiger partial charge in [0.25, 0.3) is 0 Å². The molecule has 0 fully saturated rings. The molecule has 1 heterocycles. The van der Waals surface area contributed by atoms with Gasteiger partial charge in [0.1, 0.15) is 48.0 Å². The monoisotopic (exact) mass is 999 g/mol. The highest BCUT2D eigenvalue weighted by Crippen LogP contribution is 2.20. The number of carboxylic acids is 2. The van der Waals surface area contributed by atoms with Crippen LogP contribution in [0.2, 0.25) is 0 Å². The molecule has 4 rings (SSSR count). The number of nitrogens with one attached hydrogen (secondary N) is 7. The number of fused-ring (bicyclic) bond motifs is 1. The molecule has 6 amide bonds. The summed E-state index contributed by atoms with van der Waals surface area (Å²) in [5.74, 6) is -8.50. The molecule has 17 N–H and O–H groups in total. The Labute approximate surface area is 415 Å². The number of aliphatic hydroxyl groups excluding tert-OH is 1. The lowest BCUT2D eigenvalue weighted by molar-refractivity contribution is -0.142. The van der Waals surface area contributed by atoms with Gasteiger partial charge in [-0.25, -0.2) is 4.79 Å². The third kappa shape index (κ3) is 18.4. The number of carboxylic acid groups (broad SMARTS) is 2. The Hall–Kier alpha value is -8.05. The number of aliphatic carboxylic acids is 2. The summed E-state index contributed by atoms with van der Waals surface area (Å²) in [6.07, 6.45) is 0.179. The van der Waals surface area contributed by atoms with E-state index in [0.29, 0.717) is 16.7 Å². The van der Waals surface area contributed by atoms with Crippen LogP contribution in [0.15, 0.2) is 90.1 Å². The van der Waals surface area contributed by atoms with Crippen LogP contribution in [0.4, 0.5) is 0 Å². The highest BCUT2D eigenvalue weighted by molar-refractivity contribution is 5.97. The number of rotatable bonds is 29. The maximum atomic E-state index is 14.5. The van der Waals surface area contributed by atoms with Gasteiger partial charge in [-0.05, 0) is 66.5 Å². The number of nitrogens with two attached hydrogens (primary N) is 3. The fraction of sp³-hybridized carbons (Fsp3) is 0.408. The molecule has 0 radical (unpaired) electrons. The number of benzene rings is 3. The Morgan fingerprint density at radius 2 is 1.11 bits per heavy atom. The molecule has 0 aliphatic rings. The second kappa shape index (κ2) is 28.0. The number of nitrogens with zero attached hydrogens (tertiary/aromatic N) is 1. The molecule has 4 aromatic rings. The van der Waals surface area contributed by atoms with Crippen molar-refractivity contribution in [1.29, 1.82) is 0 Å². The average molecular weight is 1000 g/mol. The molecule has 1 aromatic heterocycles. The van der Waals surface area contributed by atoms with E-state index in [-0.39, 0.29) is 62.7 Å². The second-order valence-corrected chi connectivity index (χ2v) is 17.6. The number of guanidine groups is 1. The van der Waals surface area contributed by atoms with Gasteiger partial charge in [0.05, 0.1) is 6.61 Å². The van der Waals surface area contributed by atoms with Gasteiger partial charge < -0.3 is 74.5 Å². The quantitative estimate of drug-likeness (QED) is 0.0180. The van der Waals surface area contributed by atoms with Crippen molar-refractivity contribution in [2.75, 3.05) is 13.2 Å². The van der Waals surface area contributed by atoms with Crippen LogP contribution in [0.3, 0.4) is 0 Å². The zero-order valence-electron chi connectivity index (χ0n) is 40.0. The standard InChI is InChI=1S/C49H65N11O12/c1-27(2)21-37(45(68)60-40(48(71)72)23-29-14-16-31(62)17-15-29)58-43(66)35(13-8-20-53-49(51)52)55-46(69)38(22-28-9-4-3-5-10-28)59-44(67)36(18-19-41(63)64)56-47(70)39(57-42(65)33(50)26-61)24-30-25-54-34-12-7-6-11-32(30)34/h3-7,9-12,14-17,25,27,33,35-40,54,61-62H,8,13,18-24,26,50H2,1-2H3,(H,55,69)(H,56,70)(H,57,65)(H,58,66)(H,59,67)(H,60,68)(H,63,64)(H,71,72)(H4,51,52,53)/t33-,35-,36-,37-,38-,39-,40-/m0/s1. The van der Waals surface area contributed by atoms with Gasteiger partial charge in [-0.15, -0.1) is 0 Å². The minimum Gasteiger partial charge on any atom is -0.508 e. The smallest absolute Gasteiger partial charge is 0.326 e. The number of hydrogen-bond acceptors (Lipinski definition) is 12. The molecular weight excluding hydrogens is 935 g/mol. The maximum Gasteiger partial charge on any atom is 0.326 e. The van der Waals surface area contributed by atoms with Crippen molar-refractivity contribution in [2.45, 2.75) is 108 Å². The Bertz CT molecular complexity index is 2510. The maximum absolute atomic E-state index is 14.5. The van der Waals surface area contributed by atoms with Crippen LogP contribution in [0.1, 0.15) is 62.6 Å². The number of hydrogen-bond donors (Lipinski definition) is 14. The molecule has 0 spiro atoms. The lowest BCUT2D eigenvalue weighted by Crippen LogP contribution is -2.60. The summed E-state index contributed by atoms with van der Waals surface area (Å²) < 4.78 is 0. The topological polar surface area (TPSA) is 396 Å². The molecule has 3 aromatic carbocycles. The second-order valence-electron chi connectivity index (χ2n) is 17.6. The number of aliphatic imine (C=N–C) groups is 1. The molecule has 0 saturated heterocycles. The summed E-state index contributed by atoms with van der Waals surface area (Å²) in [6, 6.07) is 11.3. The molecule has 0 bridgehead atoms. The van der Waals surface area contributed by atoms with Crippen molar-refractivity contribution in [3.05, 3.63) is 102 Å². The molecule has 23 heteroatoms. The summed E-state index contributed by atoms with van der Waals surface area (Å²) in [5, 5.41) is 55.1. The van der Waals surface area contributed by atoms with Gasteiger partial charge in [-0.3, -0.25) is 38.6 Å². The molecule has 7 atom stereocenters. The Balaban J connectivity index is 1.63. The molecule has 0 aliphatic heterocycles. The Kier molecular flexibility index (Phi) is 22.0. The summed E-state index contributed by atoms with van der Waals surface area (Å²) in [4.78, 5) is 115. The zero-order chi connectivity index (χ0) is 52.9. The van der Waals surface area contributed by atoms with E-state index in [0.717, 1.165) is 10.9 Å². The third-order valence-electron chi connectivity index (χ3n) is 11.4. The number of para-hydroxylation sites is 1. The number of carbonyl (C=O) groups excluding carboxylic acids is 6. The third-order valence-corrected chi connectivity index (χ3v) is 11.4. The van der Waals surface area contributed by atoms with E-state index in [4.69, 9.17) is 17.2 Å². The van der Waals surface area contributed by atoms with Crippen molar-refractivity contribution in [2.24, 2.45) is 28.1 Å². The van der Waals surface area contributed by atoms with Crippen molar-refractivity contribution in [1.82, 2.24) is 36.9 Å². The fourth-order valence-corrected chi connectivity index (χ4v) is 7.59. The van der Waals surface area contributed by atoms with Crippen LogP contribution >= 0.6 is 0 Å². The molecular formula is C49H65N11O12. The number of H-pyrrole nitrogens is 1. The van der Waals surface area contributed by atoms with Crippen molar-refractivity contribution in [3.63, 3.8) is 0 Å². The van der Waals surface area contributed by atoms with Gasteiger partial charge in [-0.1, -0.05) is 74.5 Å². The molecule has 0 saturated carbocycles. The predicted octanol–water partition coefficient (Wildman–Crippen LogP) is -0.821. The van der Waals surface area contributed by atoms with Crippen LogP contribution in [-0.2, 0) is 57.6 Å². The first-order valence-corrected chi connectivity index (χ1v) is 23.3. The molecule has 0 aliphatic carbocycles. The lowest BCUT2D eigenvalue weighted by Gasteiger charge is -2.28. The van der Waals surface area contributed by atoms with Crippen LogP contribution in [-0.4, -0.2) is 134 Å². The highest BCUT2D eigenvalue weighted by atomic mass is 16.4. The minimum atomic E-state index is -1.61. The first kappa shape index (κ1) is 56.5. The number of aromatic hydroxyl groups is 1. The highest BCUT2D eigenvalue weighted by Gasteiger charge is 2.34. The number of phenolic OH excluding ortho intramolecular Hbond substituents is 1. The van der Waals surface area contributed by atoms with Gasteiger partial charge in [0, 0.05) is 49.3 Å². The van der Waals surface area contributed by atoms with Crippen LogP contribution < -0.4 is 49.1 Å².